The van der Waals surface area contributed by atoms with Crippen molar-refractivity contribution in [3.63, 3.8) is 0 Å². The Labute approximate surface area is 130 Å². The maximum absolute atomic E-state index is 11.8. The molecule has 3 rings (SSSR count). The van der Waals surface area contributed by atoms with E-state index in [1.165, 1.54) is 11.3 Å². The molecule has 0 saturated heterocycles. The number of nitrogens with zero attached hydrogens (tertiary/aromatic N) is 2. The van der Waals surface area contributed by atoms with Gasteiger partial charge < -0.3 is 5.32 Å². The number of anilines is 1. The number of carbonyl (C=O) groups excluding carboxylic acids is 1. The molecule has 0 spiro atoms. The molecule has 106 valence electrons. The SMILES string of the molecule is O=C(CCc1nc(-c2ccccc2)cs1)Nc1nccs1. The lowest BCUT2D eigenvalue weighted by Crippen LogP contribution is -2.11. The quantitative estimate of drug-likeness (QED) is 0.778. The standard InChI is InChI=1S/C15H13N3OS2/c19-13(18-15-16-8-9-20-15)6-7-14-17-12(10-21-14)11-4-2-1-3-5-11/h1-5,8-10H,6-7H2,(H,16,18,19). The number of thiazole rings is 2. The summed E-state index contributed by atoms with van der Waals surface area (Å²) in [5.74, 6) is -0.0265. The molecule has 1 N–H and O–H groups in total. The molecule has 0 fully saturated rings. The van der Waals surface area contributed by atoms with Crippen LogP contribution in [0.4, 0.5) is 5.13 Å². The third-order valence-electron chi connectivity index (χ3n) is 2.87. The monoisotopic (exact) mass is 315 g/mol. The number of aromatic nitrogens is 2. The second kappa shape index (κ2) is 6.60. The van der Waals surface area contributed by atoms with Gasteiger partial charge in [-0.15, -0.1) is 22.7 Å². The molecule has 3 aromatic rings. The zero-order valence-corrected chi connectivity index (χ0v) is 12.8. The average Bonchev–Trinajstić information content (AvgIpc) is 3.17. The molecule has 0 aliphatic rings. The Morgan fingerprint density at radius 1 is 1.19 bits per heavy atom. The van der Waals surface area contributed by atoms with Gasteiger partial charge in [0.05, 0.1) is 10.7 Å². The largest absolute Gasteiger partial charge is 0.302 e. The predicted molar refractivity (Wildman–Crippen MR) is 86.6 cm³/mol. The lowest BCUT2D eigenvalue weighted by atomic mass is 10.2. The molecule has 2 heterocycles. The van der Waals surface area contributed by atoms with Crippen LogP contribution in [0, 0.1) is 0 Å². The van der Waals surface area contributed by atoms with Gasteiger partial charge in [-0.2, -0.15) is 0 Å². The molecule has 0 radical (unpaired) electrons. The Hall–Kier alpha value is -2.05. The van der Waals surface area contributed by atoms with E-state index in [4.69, 9.17) is 0 Å². The maximum Gasteiger partial charge on any atom is 0.226 e. The van der Waals surface area contributed by atoms with Crippen molar-refractivity contribution in [2.24, 2.45) is 0 Å². The summed E-state index contributed by atoms with van der Waals surface area (Å²) in [5.41, 5.74) is 2.07. The number of amides is 1. The van der Waals surface area contributed by atoms with Gasteiger partial charge in [-0.3, -0.25) is 4.79 Å². The van der Waals surface area contributed by atoms with Crippen molar-refractivity contribution in [2.45, 2.75) is 12.8 Å². The van der Waals surface area contributed by atoms with Crippen molar-refractivity contribution in [1.82, 2.24) is 9.97 Å². The fourth-order valence-corrected chi connectivity index (χ4v) is 3.21. The first-order valence-electron chi connectivity index (χ1n) is 6.50. The van der Waals surface area contributed by atoms with Crippen LogP contribution in [-0.4, -0.2) is 15.9 Å². The van der Waals surface area contributed by atoms with Crippen molar-refractivity contribution in [1.29, 1.82) is 0 Å². The molecule has 2 aromatic heterocycles. The zero-order chi connectivity index (χ0) is 14.5. The van der Waals surface area contributed by atoms with Crippen molar-refractivity contribution < 1.29 is 4.79 Å². The molecule has 1 amide bonds. The summed E-state index contributed by atoms with van der Waals surface area (Å²) >= 11 is 3.01. The minimum absolute atomic E-state index is 0.0265. The molecule has 0 saturated carbocycles. The summed E-state index contributed by atoms with van der Waals surface area (Å²) in [5, 5.41) is 8.26. The first-order valence-corrected chi connectivity index (χ1v) is 8.26. The van der Waals surface area contributed by atoms with E-state index in [1.807, 2.05) is 41.1 Å². The van der Waals surface area contributed by atoms with Crippen LogP contribution in [-0.2, 0) is 11.2 Å². The fraction of sp³-hybridized carbons (Fsp3) is 0.133. The van der Waals surface area contributed by atoms with Gasteiger partial charge in [-0.1, -0.05) is 30.3 Å². The Morgan fingerprint density at radius 3 is 2.81 bits per heavy atom. The number of nitrogens with one attached hydrogen (secondary N) is 1. The molecule has 0 unspecified atom stereocenters. The molecule has 21 heavy (non-hydrogen) atoms. The number of aryl methyl sites for hydroxylation is 1. The maximum atomic E-state index is 11.8. The van der Waals surface area contributed by atoms with Crippen molar-refractivity contribution >= 4 is 33.7 Å². The minimum Gasteiger partial charge on any atom is -0.302 e. The Balaban J connectivity index is 1.56. The lowest BCUT2D eigenvalue weighted by Gasteiger charge is -1.99. The first kappa shape index (κ1) is 13.9. The summed E-state index contributed by atoms with van der Waals surface area (Å²) < 4.78 is 0. The number of benzene rings is 1. The van der Waals surface area contributed by atoms with Crippen LogP contribution >= 0.6 is 22.7 Å². The molecular weight excluding hydrogens is 302 g/mol. The topological polar surface area (TPSA) is 54.9 Å². The molecule has 0 bridgehead atoms. The predicted octanol–water partition coefficient (Wildman–Crippen LogP) is 3.84. The van der Waals surface area contributed by atoms with Gasteiger partial charge in [0.25, 0.3) is 0 Å². The normalized spacial score (nSPS) is 10.5. The smallest absolute Gasteiger partial charge is 0.226 e. The number of hydrogen-bond donors (Lipinski definition) is 1. The van der Waals surface area contributed by atoms with Crippen LogP contribution in [0.3, 0.4) is 0 Å². The molecule has 0 aliphatic carbocycles. The average molecular weight is 315 g/mol. The van der Waals surface area contributed by atoms with Gasteiger partial charge in [-0.05, 0) is 0 Å². The molecule has 6 heteroatoms. The third kappa shape index (κ3) is 3.74. The van der Waals surface area contributed by atoms with E-state index in [-0.39, 0.29) is 5.91 Å². The minimum atomic E-state index is -0.0265. The summed E-state index contributed by atoms with van der Waals surface area (Å²) in [6, 6.07) is 10.0. The summed E-state index contributed by atoms with van der Waals surface area (Å²) in [6.07, 6.45) is 2.74. The Kier molecular flexibility index (Phi) is 4.37. The summed E-state index contributed by atoms with van der Waals surface area (Å²) in [6.45, 7) is 0. The van der Waals surface area contributed by atoms with Crippen LogP contribution in [0.25, 0.3) is 11.3 Å². The van der Waals surface area contributed by atoms with E-state index in [9.17, 15) is 4.79 Å². The van der Waals surface area contributed by atoms with Crippen molar-refractivity contribution in [3.8, 4) is 11.3 Å². The van der Waals surface area contributed by atoms with Crippen LogP contribution in [0.15, 0.2) is 47.3 Å². The number of hydrogen-bond acceptors (Lipinski definition) is 5. The van der Waals surface area contributed by atoms with Crippen LogP contribution in [0.5, 0.6) is 0 Å². The Bertz CT molecular complexity index is 708. The number of carbonyl (C=O) groups is 1. The van der Waals surface area contributed by atoms with E-state index in [0.29, 0.717) is 18.0 Å². The van der Waals surface area contributed by atoms with E-state index < -0.39 is 0 Å². The summed E-state index contributed by atoms with van der Waals surface area (Å²) in [7, 11) is 0. The van der Waals surface area contributed by atoms with Crippen LogP contribution < -0.4 is 5.32 Å². The van der Waals surface area contributed by atoms with E-state index in [0.717, 1.165) is 16.3 Å². The highest BCUT2D eigenvalue weighted by Crippen LogP contribution is 2.22. The van der Waals surface area contributed by atoms with Gasteiger partial charge in [0, 0.05) is 35.4 Å². The number of rotatable bonds is 5. The fourth-order valence-electron chi connectivity index (χ4n) is 1.85. The van der Waals surface area contributed by atoms with Gasteiger partial charge in [0.15, 0.2) is 5.13 Å². The molecule has 0 aliphatic heterocycles. The van der Waals surface area contributed by atoms with Crippen LogP contribution in [0.2, 0.25) is 0 Å². The molecule has 4 nitrogen and oxygen atoms in total. The van der Waals surface area contributed by atoms with E-state index in [2.05, 4.69) is 15.3 Å². The highest BCUT2D eigenvalue weighted by Gasteiger charge is 2.08. The van der Waals surface area contributed by atoms with Crippen molar-refractivity contribution in [2.75, 3.05) is 5.32 Å². The first-order chi connectivity index (χ1) is 10.3. The van der Waals surface area contributed by atoms with Gasteiger partial charge in [0.2, 0.25) is 5.91 Å². The Morgan fingerprint density at radius 2 is 2.05 bits per heavy atom. The lowest BCUT2D eigenvalue weighted by molar-refractivity contribution is -0.116. The molecular formula is C15H13N3OS2. The highest BCUT2D eigenvalue weighted by atomic mass is 32.1. The zero-order valence-electron chi connectivity index (χ0n) is 11.2. The van der Waals surface area contributed by atoms with Crippen molar-refractivity contribution in [3.05, 3.63) is 52.3 Å². The third-order valence-corrected chi connectivity index (χ3v) is 4.46. The summed E-state index contributed by atoms with van der Waals surface area (Å²) in [4.78, 5) is 20.4. The van der Waals surface area contributed by atoms with E-state index in [1.54, 1.807) is 17.5 Å². The van der Waals surface area contributed by atoms with Gasteiger partial charge in [-0.25, -0.2) is 9.97 Å². The second-order valence-corrected chi connectivity index (χ2v) is 6.22. The van der Waals surface area contributed by atoms with Gasteiger partial charge >= 0.3 is 0 Å². The second-order valence-electron chi connectivity index (χ2n) is 4.38. The highest BCUT2D eigenvalue weighted by molar-refractivity contribution is 7.13. The molecule has 1 aromatic carbocycles. The van der Waals surface area contributed by atoms with Gasteiger partial charge in [0.1, 0.15) is 0 Å². The molecule has 0 atom stereocenters. The van der Waals surface area contributed by atoms with Crippen LogP contribution in [0.1, 0.15) is 11.4 Å². The van der Waals surface area contributed by atoms with E-state index >= 15 is 0 Å².